The predicted octanol–water partition coefficient (Wildman–Crippen LogP) is 10.1. The number of aromatic nitrogens is 3. The van der Waals surface area contributed by atoms with Crippen LogP contribution in [0.1, 0.15) is 16.7 Å². The Hall–Kier alpha value is -6.00. The average Bonchev–Trinajstić information content (AvgIpc) is 3.65. The van der Waals surface area contributed by atoms with Gasteiger partial charge in [-0.05, 0) is 47.9 Å². The van der Waals surface area contributed by atoms with Crippen LogP contribution >= 0.6 is 0 Å². The fourth-order valence-corrected chi connectivity index (χ4v) is 6.44. The molecule has 8 rings (SSSR count). The van der Waals surface area contributed by atoms with Gasteiger partial charge in [-0.2, -0.15) is 0 Å². The average molecular weight is 579 g/mol. The topological polar surface area (TPSA) is 34.6 Å². The van der Waals surface area contributed by atoms with Crippen LogP contribution in [0.15, 0.2) is 163 Å². The van der Waals surface area contributed by atoms with Gasteiger partial charge in [-0.1, -0.05) is 128 Å². The molecular formula is C41H30N4. The quantitative estimate of drug-likeness (QED) is 0.181. The predicted molar refractivity (Wildman–Crippen MR) is 188 cm³/mol. The molecule has 214 valence electrons. The lowest BCUT2D eigenvalue weighted by Gasteiger charge is -2.16. The molecule has 4 heteroatoms. The van der Waals surface area contributed by atoms with Crippen molar-refractivity contribution in [2.45, 2.75) is 6.92 Å². The highest BCUT2D eigenvalue weighted by Gasteiger charge is 2.25. The molecule has 5 aromatic carbocycles. The van der Waals surface area contributed by atoms with Crippen LogP contribution < -0.4 is 0 Å². The molecule has 0 spiro atoms. The van der Waals surface area contributed by atoms with Crippen molar-refractivity contribution in [3.8, 4) is 22.4 Å². The van der Waals surface area contributed by atoms with Gasteiger partial charge in [0.05, 0.1) is 28.0 Å². The lowest BCUT2D eigenvalue weighted by molar-refractivity contribution is 1.14. The standard InChI is InChI=1S/C41H30N4/c1-28-16-12-13-23-33(28)39(31-19-8-4-9-20-31)42-29(2)45-35-26-25-34-41(44-27-15-14-24-36(44)43-34)38(35)37(30-17-6-3-7-18-30)40(45)32-21-10-5-11-22-32/h3-27H,2H2,1H3/b42-39-. The Morgan fingerprint density at radius 1 is 0.667 bits per heavy atom. The van der Waals surface area contributed by atoms with Crippen molar-refractivity contribution in [3.63, 3.8) is 0 Å². The minimum absolute atomic E-state index is 0.635. The van der Waals surface area contributed by atoms with Gasteiger partial charge in [0.15, 0.2) is 0 Å². The van der Waals surface area contributed by atoms with Gasteiger partial charge in [0.2, 0.25) is 0 Å². The lowest BCUT2D eigenvalue weighted by Crippen LogP contribution is -2.08. The Balaban J connectivity index is 1.52. The fourth-order valence-electron chi connectivity index (χ4n) is 6.44. The normalized spacial score (nSPS) is 11.9. The largest absolute Gasteiger partial charge is 0.299 e. The molecule has 8 aromatic rings. The smallest absolute Gasteiger partial charge is 0.137 e. The number of fused-ring (bicyclic) bond motifs is 5. The minimum Gasteiger partial charge on any atom is -0.299 e. The Bertz CT molecular complexity index is 2380. The number of hydrogen-bond donors (Lipinski definition) is 0. The third-order valence-electron chi connectivity index (χ3n) is 8.46. The first-order valence-electron chi connectivity index (χ1n) is 15.1. The van der Waals surface area contributed by atoms with E-state index in [2.05, 4.69) is 162 Å². The van der Waals surface area contributed by atoms with E-state index < -0.39 is 0 Å². The van der Waals surface area contributed by atoms with Gasteiger partial charge in [0, 0.05) is 28.3 Å². The Morgan fingerprint density at radius 3 is 2.04 bits per heavy atom. The molecule has 4 nitrogen and oxygen atoms in total. The van der Waals surface area contributed by atoms with Crippen molar-refractivity contribution >= 4 is 39.1 Å². The molecule has 0 saturated heterocycles. The molecule has 0 atom stereocenters. The van der Waals surface area contributed by atoms with Crippen molar-refractivity contribution in [2.75, 3.05) is 0 Å². The summed E-state index contributed by atoms with van der Waals surface area (Å²) in [6.45, 7) is 6.80. The molecule has 3 heterocycles. The molecule has 3 aromatic heterocycles. The van der Waals surface area contributed by atoms with E-state index in [1.807, 2.05) is 12.1 Å². The van der Waals surface area contributed by atoms with E-state index >= 15 is 0 Å². The van der Waals surface area contributed by atoms with Crippen molar-refractivity contribution in [3.05, 3.63) is 175 Å². The van der Waals surface area contributed by atoms with Crippen molar-refractivity contribution in [2.24, 2.45) is 4.99 Å². The summed E-state index contributed by atoms with van der Waals surface area (Å²) in [4.78, 5) is 10.4. The van der Waals surface area contributed by atoms with E-state index in [9.17, 15) is 0 Å². The summed E-state index contributed by atoms with van der Waals surface area (Å²) in [5.74, 6) is 0.635. The van der Waals surface area contributed by atoms with E-state index in [-0.39, 0.29) is 0 Å². The number of aliphatic imine (C=N–C) groups is 1. The molecule has 0 aliphatic carbocycles. The summed E-state index contributed by atoms with van der Waals surface area (Å²) >= 11 is 0. The van der Waals surface area contributed by atoms with Crippen LogP contribution in [-0.2, 0) is 0 Å². The summed E-state index contributed by atoms with van der Waals surface area (Å²) in [5, 5.41) is 1.12. The third-order valence-corrected chi connectivity index (χ3v) is 8.46. The fraction of sp³-hybridized carbons (Fsp3) is 0.0244. The molecule has 45 heavy (non-hydrogen) atoms. The molecule has 0 aliphatic heterocycles. The Kier molecular flexibility index (Phi) is 6.46. The van der Waals surface area contributed by atoms with Crippen LogP contribution in [0, 0.1) is 6.92 Å². The van der Waals surface area contributed by atoms with Crippen LogP contribution in [0.5, 0.6) is 0 Å². The molecular weight excluding hydrogens is 548 g/mol. The first-order valence-corrected chi connectivity index (χ1v) is 15.1. The van der Waals surface area contributed by atoms with Gasteiger partial charge in [0.1, 0.15) is 11.5 Å². The van der Waals surface area contributed by atoms with Gasteiger partial charge < -0.3 is 0 Å². The van der Waals surface area contributed by atoms with Gasteiger partial charge in [-0.3, -0.25) is 8.97 Å². The number of hydrogen-bond acceptors (Lipinski definition) is 2. The van der Waals surface area contributed by atoms with Gasteiger partial charge >= 0.3 is 0 Å². The molecule has 0 amide bonds. The highest BCUT2D eigenvalue weighted by atomic mass is 15.1. The van der Waals surface area contributed by atoms with E-state index in [1.54, 1.807) is 0 Å². The van der Waals surface area contributed by atoms with Gasteiger partial charge in [0.25, 0.3) is 0 Å². The maximum atomic E-state index is 5.38. The summed E-state index contributed by atoms with van der Waals surface area (Å²) in [5.41, 5.74) is 12.5. The van der Waals surface area contributed by atoms with Crippen LogP contribution in [0.2, 0.25) is 0 Å². The second kappa shape index (κ2) is 10.9. The second-order valence-electron chi connectivity index (χ2n) is 11.2. The monoisotopic (exact) mass is 578 g/mol. The summed E-state index contributed by atoms with van der Waals surface area (Å²) < 4.78 is 4.42. The molecule has 0 saturated carbocycles. The van der Waals surface area contributed by atoms with E-state index in [1.165, 1.54) is 0 Å². The number of aryl methyl sites for hydroxylation is 1. The molecule has 0 bridgehead atoms. The zero-order valence-electron chi connectivity index (χ0n) is 24.9. The zero-order valence-corrected chi connectivity index (χ0v) is 24.9. The van der Waals surface area contributed by atoms with Crippen LogP contribution in [-0.4, -0.2) is 19.7 Å². The number of pyridine rings is 1. The molecule has 0 radical (unpaired) electrons. The van der Waals surface area contributed by atoms with Crippen molar-refractivity contribution in [1.82, 2.24) is 14.0 Å². The SMILES string of the molecule is C=C(/N=C(/c1ccccc1)c1ccccc1C)n1c(-c2ccccc2)c(-c2ccccc2)c2c1ccc1nc3ccccn3c12. The number of benzene rings is 5. The highest BCUT2D eigenvalue weighted by molar-refractivity contribution is 6.19. The third kappa shape index (κ3) is 4.47. The highest BCUT2D eigenvalue weighted by Crippen LogP contribution is 2.45. The molecule has 0 N–H and O–H groups in total. The van der Waals surface area contributed by atoms with Crippen LogP contribution in [0.25, 0.3) is 55.8 Å². The van der Waals surface area contributed by atoms with Crippen LogP contribution in [0.3, 0.4) is 0 Å². The summed E-state index contributed by atoms with van der Waals surface area (Å²) in [6, 6.07) is 50.4. The lowest BCUT2D eigenvalue weighted by atomic mass is 9.97. The number of nitrogens with zero attached hydrogens (tertiary/aromatic N) is 4. The summed E-state index contributed by atoms with van der Waals surface area (Å²) in [6.07, 6.45) is 2.09. The van der Waals surface area contributed by atoms with Gasteiger partial charge in [-0.15, -0.1) is 0 Å². The second-order valence-corrected chi connectivity index (χ2v) is 11.2. The van der Waals surface area contributed by atoms with E-state index in [4.69, 9.17) is 9.98 Å². The van der Waals surface area contributed by atoms with Crippen molar-refractivity contribution in [1.29, 1.82) is 0 Å². The first kappa shape index (κ1) is 26.6. The van der Waals surface area contributed by atoms with Gasteiger partial charge in [-0.25, -0.2) is 9.98 Å². The molecule has 0 fully saturated rings. The van der Waals surface area contributed by atoms with E-state index in [0.29, 0.717) is 5.82 Å². The Morgan fingerprint density at radius 2 is 1.31 bits per heavy atom. The summed E-state index contributed by atoms with van der Waals surface area (Å²) in [7, 11) is 0. The Labute approximate surface area is 261 Å². The minimum atomic E-state index is 0.635. The van der Waals surface area contributed by atoms with Crippen molar-refractivity contribution < 1.29 is 0 Å². The molecule has 0 unspecified atom stereocenters. The maximum Gasteiger partial charge on any atom is 0.137 e. The van der Waals surface area contributed by atoms with E-state index in [0.717, 1.165) is 72.4 Å². The zero-order chi connectivity index (χ0) is 30.3. The van der Waals surface area contributed by atoms with Crippen LogP contribution in [0.4, 0.5) is 0 Å². The first-order chi connectivity index (χ1) is 22.2. The molecule has 0 aliphatic rings. The maximum absolute atomic E-state index is 5.38. The number of imidazole rings is 1. The number of rotatable bonds is 6.